The van der Waals surface area contributed by atoms with E-state index in [1.54, 1.807) is 0 Å². The van der Waals surface area contributed by atoms with E-state index in [9.17, 15) is 9.59 Å². The molecule has 0 aromatic heterocycles. The van der Waals surface area contributed by atoms with Crippen LogP contribution in [0.15, 0.2) is 12.2 Å². The normalized spacial score (nSPS) is 12.4. The number of unbranched alkanes of at least 4 members (excludes halogenated alkanes) is 10. The molecule has 0 fully saturated rings. The molecule has 0 saturated carbocycles. The van der Waals surface area contributed by atoms with Gasteiger partial charge in [0.05, 0.1) is 18.9 Å². The number of hydrogen-bond donors (Lipinski definition) is 1. The lowest BCUT2D eigenvalue weighted by Crippen LogP contribution is -2.21. The lowest BCUT2D eigenvalue weighted by atomic mass is 9.98. The van der Waals surface area contributed by atoms with Crippen molar-refractivity contribution in [2.24, 2.45) is 5.92 Å². The predicted molar refractivity (Wildman–Crippen MR) is 112 cm³/mol. The van der Waals surface area contributed by atoms with Gasteiger partial charge in [-0.2, -0.15) is 0 Å². The molecule has 0 aliphatic heterocycles. The Kier molecular flexibility index (Phi) is 18.5. The monoisotopic (exact) mass is 382 g/mol. The van der Waals surface area contributed by atoms with Crippen LogP contribution < -0.4 is 0 Å². The molecule has 4 nitrogen and oxygen atoms in total. The molecule has 0 rings (SSSR count). The van der Waals surface area contributed by atoms with Crippen molar-refractivity contribution in [2.45, 2.75) is 110 Å². The molecule has 0 aromatic rings. The second-order valence-electron chi connectivity index (χ2n) is 7.48. The average molecular weight is 383 g/mol. The summed E-state index contributed by atoms with van der Waals surface area (Å²) in [5.74, 6) is -1.79. The summed E-state index contributed by atoms with van der Waals surface area (Å²) >= 11 is 0. The van der Waals surface area contributed by atoms with E-state index in [1.165, 1.54) is 51.4 Å². The van der Waals surface area contributed by atoms with Gasteiger partial charge in [0.25, 0.3) is 0 Å². The molecule has 1 unspecified atom stereocenters. The SMILES string of the molecule is CCCCCCCCCC/C=C/CCCCC(CC(=O)O)C(=O)OCCC. The lowest BCUT2D eigenvalue weighted by Gasteiger charge is -2.13. The average Bonchev–Trinajstić information content (AvgIpc) is 2.65. The maximum Gasteiger partial charge on any atom is 0.309 e. The topological polar surface area (TPSA) is 63.6 Å². The molecule has 158 valence electrons. The number of carbonyl (C=O) groups is 2. The Labute approximate surface area is 166 Å². The zero-order valence-electron chi connectivity index (χ0n) is 17.7. The molecule has 4 heteroatoms. The minimum absolute atomic E-state index is 0.128. The van der Waals surface area contributed by atoms with Gasteiger partial charge in [0.1, 0.15) is 0 Å². The van der Waals surface area contributed by atoms with Gasteiger partial charge in [0.2, 0.25) is 0 Å². The standard InChI is InChI=1S/C23H42O4/c1-3-5-6-7-8-9-10-11-12-13-14-15-16-17-18-21(20-22(24)25)23(26)27-19-4-2/h13-14,21H,3-12,15-20H2,1-2H3,(H,24,25)/b14-13+. The van der Waals surface area contributed by atoms with Crippen LogP contribution >= 0.6 is 0 Å². The number of hydrogen-bond acceptors (Lipinski definition) is 3. The molecule has 0 aliphatic carbocycles. The van der Waals surface area contributed by atoms with E-state index in [-0.39, 0.29) is 12.4 Å². The number of allylic oxidation sites excluding steroid dienone is 2. The maximum absolute atomic E-state index is 11.9. The summed E-state index contributed by atoms with van der Waals surface area (Å²) in [6, 6.07) is 0. The van der Waals surface area contributed by atoms with E-state index >= 15 is 0 Å². The van der Waals surface area contributed by atoms with Crippen molar-refractivity contribution >= 4 is 11.9 Å². The Bertz CT molecular complexity index is 390. The van der Waals surface area contributed by atoms with E-state index in [4.69, 9.17) is 9.84 Å². The third-order valence-electron chi connectivity index (χ3n) is 4.77. The summed E-state index contributed by atoms with van der Waals surface area (Å²) in [5, 5.41) is 8.95. The molecular formula is C23H42O4. The molecule has 1 N–H and O–H groups in total. The highest BCUT2D eigenvalue weighted by Gasteiger charge is 2.22. The Morgan fingerprint density at radius 3 is 1.93 bits per heavy atom. The zero-order chi connectivity index (χ0) is 20.2. The quantitative estimate of drug-likeness (QED) is 0.154. The van der Waals surface area contributed by atoms with Crippen molar-refractivity contribution in [1.82, 2.24) is 0 Å². The highest BCUT2D eigenvalue weighted by atomic mass is 16.5. The molecule has 0 aromatic carbocycles. The fraction of sp³-hybridized carbons (Fsp3) is 0.826. The van der Waals surface area contributed by atoms with E-state index in [1.807, 2.05) is 6.92 Å². The third-order valence-corrected chi connectivity index (χ3v) is 4.77. The van der Waals surface area contributed by atoms with Gasteiger partial charge in [-0.05, 0) is 38.5 Å². The van der Waals surface area contributed by atoms with Gasteiger partial charge >= 0.3 is 11.9 Å². The molecular weight excluding hydrogens is 340 g/mol. The first-order valence-electron chi connectivity index (χ1n) is 11.1. The van der Waals surface area contributed by atoms with Gasteiger partial charge in [0, 0.05) is 0 Å². The molecule has 1 atom stereocenters. The third kappa shape index (κ3) is 17.8. The van der Waals surface area contributed by atoms with Gasteiger partial charge in [-0.3, -0.25) is 9.59 Å². The molecule has 0 saturated heterocycles. The van der Waals surface area contributed by atoms with Crippen LogP contribution in [0.2, 0.25) is 0 Å². The molecule has 0 heterocycles. The van der Waals surface area contributed by atoms with Gasteiger partial charge in [0.15, 0.2) is 0 Å². The number of esters is 1. The minimum Gasteiger partial charge on any atom is -0.481 e. The van der Waals surface area contributed by atoms with Crippen molar-refractivity contribution in [3.05, 3.63) is 12.2 Å². The first kappa shape index (κ1) is 25.7. The van der Waals surface area contributed by atoms with Crippen LogP contribution in [0, 0.1) is 5.92 Å². The molecule has 0 radical (unpaired) electrons. The lowest BCUT2D eigenvalue weighted by molar-refractivity contribution is -0.153. The predicted octanol–water partition coefficient (Wildman–Crippen LogP) is 6.68. The zero-order valence-corrected chi connectivity index (χ0v) is 17.7. The summed E-state index contributed by atoms with van der Waals surface area (Å²) in [6.07, 6.45) is 20.5. The first-order valence-corrected chi connectivity index (χ1v) is 11.1. The number of carbonyl (C=O) groups excluding carboxylic acids is 1. The Morgan fingerprint density at radius 1 is 0.815 bits per heavy atom. The van der Waals surface area contributed by atoms with Crippen LogP contribution in [-0.4, -0.2) is 23.7 Å². The van der Waals surface area contributed by atoms with Crippen molar-refractivity contribution in [2.75, 3.05) is 6.61 Å². The summed E-state index contributed by atoms with van der Waals surface area (Å²) in [5.41, 5.74) is 0. The van der Waals surface area contributed by atoms with Crippen LogP contribution in [0.25, 0.3) is 0 Å². The van der Waals surface area contributed by atoms with Crippen LogP contribution in [-0.2, 0) is 14.3 Å². The van der Waals surface area contributed by atoms with Crippen molar-refractivity contribution in [3.63, 3.8) is 0 Å². The van der Waals surface area contributed by atoms with E-state index in [0.717, 1.165) is 32.1 Å². The van der Waals surface area contributed by atoms with Crippen LogP contribution in [0.5, 0.6) is 0 Å². The largest absolute Gasteiger partial charge is 0.481 e. The second kappa shape index (κ2) is 19.4. The smallest absolute Gasteiger partial charge is 0.309 e. The first-order chi connectivity index (χ1) is 13.1. The van der Waals surface area contributed by atoms with Crippen LogP contribution in [0.3, 0.4) is 0 Å². The van der Waals surface area contributed by atoms with Crippen molar-refractivity contribution < 1.29 is 19.4 Å². The van der Waals surface area contributed by atoms with Crippen LogP contribution in [0.4, 0.5) is 0 Å². The molecule has 0 amide bonds. The summed E-state index contributed by atoms with van der Waals surface area (Å²) < 4.78 is 5.11. The minimum atomic E-state index is -0.932. The number of ether oxygens (including phenoxy) is 1. The van der Waals surface area contributed by atoms with Gasteiger partial charge < -0.3 is 9.84 Å². The number of carboxylic acids is 1. The number of aliphatic carboxylic acids is 1. The van der Waals surface area contributed by atoms with Crippen molar-refractivity contribution in [3.8, 4) is 0 Å². The van der Waals surface area contributed by atoms with Gasteiger partial charge in [-0.15, -0.1) is 0 Å². The highest BCUT2D eigenvalue weighted by Crippen LogP contribution is 2.16. The molecule has 0 aliphatic rings. The molecule has 0 bridgehead atoms. The highest BCUT2D eigenvalue weighted by molar-refractivity contribution is 5.79. The van der Waals surface area contributed by atoms with E-state index in [2.05, 4.69) is 19.1 Å². The van der Waals surface area contributed by atoms with E-state index in [0.29, 0.717) is 13.0 Å². The van der Waals surface area contributed by atoms with Gasteiger partial charge in [-0.1, -0.05) is 77.4 Å². The Hall–Kier alpha value is -1.32. The summed E-state index contributed by atoms with van der Waals surface area (Å²) in [7, 11) is 0. The van der Waals surface area contributed by atoms with Crippen molar-refractivity contribution in [1.29, 1.82) is 0 Å². The second-order valence-corrected chi connectivity index (χ2v) is 7.48. The Morgan fingerprint density at radius 2 is 1.37 bits per heavy atom. The van der Waals surface area contributed by atoms with Crippen LogP contribution in [0.1, 0.15) is 110 Å². The Balaban J connectivity index is 3.66. The van der Waals surface area contributed by atoms with Gasteiger partial charge in [-0.25, -0.2) is 0 Å². The molecule has 27 heavy (non-hydrogen) atoms. The fourth-order valence-electron chi connectivity index (χ4n) is 3.12. The number of carboxylic acid groups (broad SMARTS) is 1. The number of rotatable bonds is 19. The summed E-state index contributed by atoms with van der Waals surface area (Å²) in [4.78, 5) is 22.8. The van der Waals surface area contributed by atoms with E-state index < -0.39 is 11.9 Å². The summed E-state index contributed by atoms with van der Waals surface area (Å²) in [6.45, 7) is 4.55. The molecule has 0 spiro atoms. The fourth-order valence-corrected chi connectivity index (χ4v) is 3.12. The maximum atomic E-state index is 11.9.